The monoisotopic (exact) mass is 250 g/mol. The molecular weight excluding hydrogens is 237 g/mol. The fourth-order valence-corrected chi connectivity index (χ4v) is 2.00. The van der Waals surface area contributed by atoms with Crippen LogP contribution in [0.4, 0.5) is 13.2 Å². The second-order valence-electron chi connectivity index (χ2n) is 4.21. The van der Waals surface area contributed by atoms with E-state index in [0.717, 1.165) is 12.1 Å². The summed E-state index contributed by atoms with van der Waals surface area (Å²) in [6.45, 7) is 3.48. The highest BCUT2D eigenvalue weighted by Gasteiger charge is 2.13. The summed E-state index contributed by atoms with van der Waals surface area (Å²) >= 11 is 0. The van der Waals surface area contributed by atoms with Crippen LogP contribution in [0.2, 0.25) is 0 Å². The number of hydrogen-bond donors (Lipinski definition) is 0. The lowest BCUT2D eigenvalue weighted by atomic mass is 9.97. The minimum Gasteiger partial charge on any atom is -0.206 e. The highest BCUT2D eigenvalue weighted by molar-refractivity contribution is 5.68. The van der Waals surface area contributed by atoms with E-state index in [0.29, 0.717) is 28.7 Å². The third-order valence-corrected chi connectivity index (χ3v) is 3.02. The normalized spacial score (nSPS) is 10.7. The molecule has 3 heteroatoms. The molecule has 2 rings (SSSR count). The molecule has 0 aliphatic heterocycles. The zero-order valence-corrected chi connectivity index (χ0v) is 10.2. The van der Waals surface area contributed by atoms with E-state index in [4.69, 9.17) is 0 Å². The van der Waals surface area contributed by atoms with Crippen LogP contribution < -0.4 is 0 Å². The summed E-state index contributed by atoms with van der Waals surface area (Å²) in [5.74, 6) is -2.24. The zero-order valence-electron chi connectivity index (χ0n) is 10.2. The van der Waals surface area contributed by atoms with Crippen LogP contribution in [0.5, 0.6) is 0 Å². The number of aryl methyl sites for hydroxylation is 2. The van der Waals surface area contributed by atoms with E-state index >= 15 is 0 Å². The van der Waals surface area contributed by atoms with Crippen LogP contribution in [-0.4, -0.2) is 0 Å². The van der Waals surface area contributed by atoms with Crippen LogP contribution in [0, 0.1) is 24.4 Å². The summed E-state index contributed by atoms with van der Waals surface area (Å²) in [6.07, 6.45) is 0.558. The summed E-state index contributed by atoms with van der Waals surface area (Å²) in [7, 11) is 0. The van der Waals surface area contributed by atoms with Gasteiger partial charge in [-0.25, -0.2) is 13.2 Å². The van der Waals surface area contributed by atoms with Crippen LogP contribution in [-0.2, 0) is 6.42 Å². The Balaban J connectivity index is 2.66. The fourth-order valence-electron chi connectivity index (χ4n) is 2.00. The van der Waals surface area contributed by atoms with Gasteiger partial charge in [-0.15, -0.1) is 0 Å². The third kappa shape index (κ3) is 2.13. The van der Waals surface area contributed by atoms with E-state index in [1.807, 2.05) is 6.92 Å². The molecule has 0 spiro atoms. The first-order valence-corrected chi connectivity index (χ1v) is 5.78. The maximum Gasteiger partial charge on any atom is 0.159 e. The number of rotatable bonds is 2. The molecule has 18 heavy (non-hydrogen) atoms. The molecule has 0 N–H and O–H groups in total. The van der Waals surface area contributed by atoms with Crippen LogP contribution in [0.3, 0.4) is 0 Å². The van der Waals surface area contributed by atoms with Crippen LogP contribution >= 0.6 is 0 Å². The van der Waals surface area contributed by atoms with Gasteiger partial charge in [-0.2, -0.15) is 0 Å². The molecule has 2 aromatic carbocycles. The molecule has 0 aliphatic rings. The first-order valence-electron chi connectivity index (χ1n) is 5.78. The predicted molar refractivity (Wildman–Crippen MR) is 65.9 cm³/mol. The summed E-state index contributed by atoms with van der Waals surface area (Å²) in [5, 5.41) is 0. The SMILES string of the molecule is CCc1cccc(-c2cc(F)c(F)cc2C)c1F. The molecule has 2 aromatic rings. The lowest BCUT2D eigenvalue weighted by Gasteiger charge is -2.10. The quantitative estimate of drug-likeness (QED) is 0.728. The van der Waals surface area contributed by atoms with Crippen molar-refractivity contribution in [3.63, 3.8) is 0 Å². The summed E-state index contributed by atoms with van der Waals surface area (Å²) in [4.78, 5) is 0. The lowest BCUT2D eigenvalue weighted by molar-refractivity contribution is 0.508. The molecule has 94 valence electrons. The van der Waals surface area contributed by atoms with Gasteiger partial charge in [0.15, 0.2) is 11.6 Å². The van der Waals surface area contributed by atoms with Gasteiger partial charge in [-0.1, -0.05) is 25.1 Å². The highest BCUT2D eigenvalue weighted by atomic mass is 19.2. The van der Waals surface area contributed by atoms with Crippen molar-refractivity contribution < 1.29 is 13.2 Å². The van der Waals surface area contributed by atoms with Gasteiger partial charge >= 0.3 is 0 Å². The molecule has 0 radical (unpaired) electrons. The van der Waals surface area contributed by atoms with E-state index in [2.05, 4.69) is 0 Å². The average molecular weight is 250 g/mol. The van der Waals surface area contributed by atoms with E-state index in [9.17, 15) is 13.2 Å². The lowest BCUT2D eigenvalue weighted by Crippen LogP contribution is -1.95. The molecule has 0 aliphatic carbocycles. The number of halogens is 3. The molecular formula is C15H13F3. The second kappa shape index (κ2) is 4.84. The molecule has 0 saturated carbocycles. The second-order valence-corrected chi connectivity index (χ2v) is 4.21. The first kappa shape index (κ1) is 12.7. The molecule has 0 unspecified atom stereocenters. The van der Waals surface area contributed by atoms with E-state index in [-0.39, 0.29) is 5.82 Å². The fraction of sp³-hybridized carbons (Fsp3) is 0.200. The standard InChI is InChI=1S/C15H13F3/c1-3-10-5-4-6-11(15(10)18)12-8-14(17)13(16)7-9(12)2/h4-8H,3H2,1-2H3. The zero-order chi connectivity index (χ0) is 13.3. The Morgan fingerprint density at radius 3 is 2.28 bits per heavy atom. The first-order chi connectivity index (χ1) is 8.54. The van der Waals surface area contributed by atoms with Crippen LogP contribution in [0.25, 0.3) is 11.1 Å². The van der Waals surface area contributed by atoms with Crippen LogP contribution in [0.15, 0.2) is 30.3 Å². The van der Waals surface area contributed by atoms with Crippen molar-refractivity contribution in [2.45, 2.75) is 20.3 Å². The molecule has 0 saturated heterocycles. The van der Waals surface area contributed by atoms with Gasteiger partial charge < -0.3 is 0 Å². The van der Waals surface area contributed by atoms with Gasteiger partial charge in [-0.05, 0) is 42.2 Å². The molecule has 0 heterocycles. The van der Waals surface area contributed by atoms with Gasteiger partial charge in [0.1, 0.15) is 5.82 Å². The third-order valence-electron chi connectivity index (χ3n) is 3.02. The topological polar surface area (TPSA) is 0 Å². The summed E-state index contributed by atoms with van der Waals surface area (Å²) in [5.41, 5.74) is 1.78. The minimum absolute atomic E-state index is 0.311. The van der Waals surface area contributed by atoms with Gasteiger partial charge in [0, 0.05) is 5.56 Å². The Hall–Kier alpha value is -1.77. The van der Waals surface area contributed by atoms with Crippen LogP contribution in [0.1, 0.15) is 18.1 Å². The molecule has 0 fully saturated rings. The van der Waals surface area contributed by atoms with Crippen molar-refractivity contribution >= 4 is 0 Å². The molecule has 0 atom stereocenters. The summed E-state index contributed by atoms with van der Waals surface area (Å²) < 4.78 is 40.5. The van der Waals surface area contributed by atoms with E-state index in [1.165, 1.54) is 0 Å². The Bertz CT molecular complexity index is 589. The number of benzene rings is 2. The van der Waals surface area contributed by atoms with Crippen molar-refractivity contribution in [1.29, 1.82) is 0 Å². The van der Waals surface area contributed by atoms with Gasteiger partial charge in [0.25, 0.3) is 0 Å². The maximum absolute atomic E-state index is 14.2. The highest BCUT2D eigenvalue weighted by Crippen LogP contribution is 2.29. The van der Waals surface area contributed by atoms with Crippen molar-refractivity contribution in [3.8, 4) is 11.1 Å². The largest absolute Gasteiger partial charge is 0.206 e. The molecule has 0 amide bonds. The van der Waals surface area contributed by atoms with E-state index < -0.39 is 11.6 Å². The van der Waals surface area contributed by atoms with Crippen molar-refractivity contribution in [2.75, 3.05) is 0 Å². The van der Waals surface area contributed by atoms with E-state index in [1.54, 1.807) is 25.1 Å². The molecule has 0 aromatic heterocycles. The Kier molecular flexibility index (Phi) is 3.41. The van der Waals surface area contributed by atoms with Crippen molar-refractivity contribution in [3.05, 3.63) is 58.9 Å². The average Bonchev–Trinajstić information content (AvgIpc) is 2.34. The Morgan fingerprint density at radius 2 is 1.61 bits per heavy atom. The van der Waals surface area contributed by atoms with Gasteiger partial charge in [-0.3, -0.25) is 0 Å². The number of hydrogen-bond acceptors (Lipinski definition) is 0. The van der Waals surface area contributed by atoms with Gasteiger partial charge in [0.2, 0.25) is 0 Å². The maximum atomic E-state index is 14.2. The minimum atomic E-state index is -0.961. The van der Waals surface area contributed by atoms with Gasteiger partial charge in [0.05, 0.1) is 0 Å². The Labute approximate surface area is 104 Å². The van der Waals surface area contributed by atoms with Crippen molar-refractivity contribution in [1.82, 2.24) is 0 Å². The molecule has 0 bridgehead atoms. The molecule has 0 nitrogen and oxygen atoms in total. The van der Waals surface area contributed by atoms with Crippen molar-refractivity contribution in [2.24, 2.45) is 0 Å². The summed E-state index contributed by atoms with van der Waals surface area (Å²) in [6, 6.07) is 7.12. The Morgan fingerprint density at radius 1 is 0.944 bits per heavy atom. The predicted octanol–water partition coefficient (Wildman–Crippen LogP) is 4.64. The smallest absolute Gasteiger partial charge is 0.159 e.